The summed E-state index contributed by atoms with van der Waals surface area (Å²) in [5.41, 5.74) is 0.598. The van der Waals surface area contributed by atoms with Crippen molar-refractivity contribution in [3.05, 3.63) is 36.5 Å². The van der Waals surface area contributed by atoms with Crippen LogP contribution in [0.25, 0.3) is 0 Å². The third-order valence-corrected chi connectivity index (χ3v) is 2.75. The van der Waals surface area contributed by atoms with Gasteiger partial charge in [0, 0.05) is 25.8 Å². The summed E-state index contributed by atoms with van der Waals surface area (Å²) < 4.78 is 5.30. The molecule has 1 saturated heterocycles. The van der Waals surface area contributed by atoms with Crippen molar-refractivity contribution in [1.29, 1.82) is 0 Å². The minimum Gasteiger partial charge on any atom is -0.378 e. The van der Waals surface area contributed by atoms with Crippen molar-refractivity contribution in [2.24, 2.45) is 0 Å². The van der Waals surface area contributed by atoms with Crippen LogP contribution in [0.15, 0.2) is 31.0 Å². The molecule has 1 aromatic rings. The van der Waals surface area contributed by atoms with Crippen LogP contribution in [0.1, 0.15) is 10.4 Å². The highest BCUT2D eigenvalue weighted by atomic mass is 16.5. The number of amides is 1. The van der Waals surface area contributed by atoms with E-state index < -0.39 is 0 Å². The van der Waals surface area contributed by atoms with Crippen LogP contribution < -0.4 is 10.2 Å². The van der Waals surface area contributed by atoms with E-state index in [2.05, 4.69) is 21.8 Å². The number of ether oxygens (including phenoxy) is 1. The molecule has 1 aliphatic heterocycles. The van der Waals surface area contributed by atoms with Crippen LogP contribution in [-0.4, -0.2) is 43.7 Å². The predicted octanol–water partition coefficient (Wildman–Crippen LogP) is 0.834. The molecule has 0 radical (unpaired) electrons. The molecule has 0 saturated carbocycles. The Morgan fingerprint density at radius 3 is 3.06 bits per heavy atom. The number of aromatic nitrogens is 1. The number of hydrogen-bond donors (Lipinski definition) is 1. The van der Waals surface area contributed by atoms with E-state index in [1.165, 1.54) is 0 Å². The first-order valence-corrected chi connectivity index (χ1v) is 5.99. The Labute approximate surface area is 106 Å². The second kappa shape index (κ2) is 6.16. The van der Waals surface area contributed by atoms with E-state index in [-0.39, 0.29) is 5.91 Å². The summed E-state index contributed by atoms with van der Waals surface area (Å²) in [6, 6.07) is 3.56. The molecule has 1 N–H and O–H groups in total. The third kappa shape index (κ3) is 2.87. The number of nitrogens with zero attached hydrogens (tertiary/aromatic N) is 2. The molecule has 5 nitrogen and oxygen atoms in total. The number of morpholine rings is 1. The maximum Gasteiger partial charge on any atom is 0.255 e. The standard InChI is InChI=1S/C13H17N3O2/c1-2-5-15-13(17)11-4-3-6-14-12(11)16-7-9-18-10-8-16/h2-4,6H,1,5,7-10H2,(H,15,17). The van der Waals surface area contributed by atoms with Gasteiger partial charge in [0.15, 0.2) is 0 Å². The Hall–Kier alpha value is -1.88. The highest BCUT2D eigenvalue weighted by Gasteiger charge is 2.19. The SMILES string of the molecule is C=CCNC(=O)c1cccnc1N1CCOCC1. The van der Waals surface area contributed by atoms with Gasteiger partial charge in [-0.1, -0.05) is 6.08 Å². The van der Waals surface area contributed by atoms with Crippen LogP contribution in [0, 0.1) is 0 Å². The van der Waals surface area contributed by atoms with Gasteiger partial charge in [0.2, 0.25) is 0 Å². The quantitative estimate of drug-likeness (QED) is 0.801. The summed E-state index contributed by atoms with van der Waals surface area (Å²) in [5.74, 6) is 0.604. The van der Waals surface area contributed by atoms with Gasteiger partial charge in [0.05, 0.1) is 18.8 Å². The molecule has 2 heterocycles. The minimum atomic E-state index is -0.121. The second-order valence-electron chi connectivity index (χ2n) is 3.97. The van der Waals surface area contributed by atoms with Crippen LogP contribution in [0.4, 0.5) is 5.82 Å². The summed E-state index contributed by atoms with van der Waals surface area (Å²) in [5, 5.41) is 2.77. The van der Waals surface area contributed by atoms with Crippen molar-refractivity contribution < 1.29 is 9.53 Å². The highest BCUT2D eigenvalue weighted by Crippen LogP contribution is 2.18. The van der Waals surface area contributed by atoms with Crippen LogP contribution in [0.3, 0.4) is 0 Å². The number of carbonyl (C=O) groups excluding carboxylic acids is 1. The van der Waals surface area contributed by atoms with Gasteiger partial charge in [-0.15, -0.1) is 6.58 Å². The van der Waals surface area contributed by atoms with Crippen molar-refractivity contribution in [1.82, 2.24) is 10.3 Å². The lowest BCUT2D eigenvalue weighted by atomic mass is 10.2. The van der Waals surface area contributed by atoms with Crippen LogP contribution in [0.2, 0.25) is 0 Å². The molecule has 1 amide bonds. The zero-order chi connectivity index (χ0) is 12.8. The maximum atomic E-state index is 12.0. The van der Waals surface area contributed by atoms with Gasteiger partial charge in [-0.05, 0) is 12.1 Å². The molecule has 18 heavy (non-hydrogen) atoms. The highest BCUT2D eigenvalue weighted by molar-refractivity contribution is 5.98. The van der Waals surface area contributed by atoms with E-state index in [1.807, 2.05) is 0 Å². The van der Waals surface area contributed by atoms with E-state index in [4.69, 9.17) is 4.74 Å². The van der Waals surface area contributed by atoms with E-state index in [1.54, 1.807) is 24.4 Å². The Balaban J connectivity index is 2.18. The Morgan fingerprint density at radius 1 is 1.56 bits per heavy atom. The fourth-order valence-electron chi connectivity index (χ4n) is 1.86. The van der Waals surface area contributed by atoms with Crippen molar-refractivity contribution in [3.63, 3.8) is 0 Å². The predicted molar refractivity (Wildman–Crippen MR) is 69.8 cm³/mol. The Morgan fingerprint density at radius 2 is 2.33 bits per heavy atom. The summed E-state index contributed by atoms with van der Waals surface area (Å²) in [4.78, 5) is 18.4. The molecule has 0 aromatic carbocycles. The molecule has 0 spiro atoms. The summed E-state index contributed by atoms with van der Waals surface area (Å²) in [6.45, 7) is 6.90. The second-order valence-corrected chi connectivity index (χ2v) is 3.97. The van der Waals surface area contributed by atoms with Gasteiger partial charge in [-0.3, -0.25) is 4.79 Å². The lowest BCUT2D eigenvalue weighted by Crippen LogP contribution is -2.38. The molecule has 0 atom stereocenters. The molecular formula is C13H17N3O2. The van der Waals surface area contributed by atoms with Crippen molar-refractivity contribution >= 4 is 11.7 Å². The molecule has 0 unspecified atom stereocenters. The smallest absolute Gasteiger partial charge is 0.255 e. The molecule has 0 aliphatic carbocycles. The number of anilines is 1. The van der Waals surface area contributed by atoms with E-state index in [0.717, 1.165) is 18.9 Å². The van der Waals surface area contributed by atoms with E-state index in [9.17, 15) is 4.79 Å². The van der Waals surface area contributed by atoms with Crippen LogP contribution >= 0.6 is 0 Å². The average Bonchev–Trinajstić information content (AvgIpc) is 2.45. The Kier molecular flexibility index (Phi) is 4.30. The normalized spacial score (nSPS) is 15.2. The third-order valence-electron chi connectivity index (χ3n) is 2.75. The van der Waals surface area contributed by atoms with Crippen molar-refractivity contribution in [3.8, 4) is 0 Å². The number of pyridine rings is 1. The largest absolute Gasteiger partial charge is 0.378 e. The molecule has 2 rings (SSSR count). The van der Waals surface area contributed by atoms with Gasteiger partial charge >= 0.3 is 0 Å². The van der Waals surface area contributed by atoms with E-state index in [0.29, 0.717) is 25.3 Å². The Bertz CT molecular complexity index is 428. The topological polar surface area (TPSA) is 54.5 Å². The zero-order valence-electron chi connectivity index (χ0n) is 10.3. The van der Waals surface area contributed by atoms with Gasteiger partial charge < -0.3 is 15.0 Å². The first-order valence-electron chi connectivity index (χ1n) is 5.99. The minimum absolute atomic E-state index is 0.121. The molecule has 1 fully saturated rings. The molecule has 96 valence electrons. The monoisotopic (exact) mass is 247 g/mol. The van der Waals surface area contributed by atoms with Crippen LogP contribution in [-0.2, 0) is 4.74 Å². The van der Waals surface area contributed by atoms with Crippen LogP contribution in [0.5, 0.6) is 0 Å². The number of nitrogens with one attached hydrogen (secondary N) is 1. The summed E-state index contributed by atoms with van der Waals surface area (Å²) in [6.07, 6.45) is 3.36. The number of rotatable bonds is 4. The van der Waals surface area contributed by atoms with Gasteiger partial charge in [-0.2, -0.15) is 0 Å². The molecule has 0 bridgehead atoms. The maximum absolute atomic E-state index is 12.0. The van der Waals surface area contributed by atoms with Crippen molar-refractivity contribution in [2.75, 3.05) is 37.7 Å². The molecule has 1 aliphatic rings. The lowest BCUT2D eigenvalue weighted by molar-refractivity contribution is 0.0956. The fraction of sp³-hybridized carbons (Fsp3) is 0.385. The molecule has 5 heteroatoms. The average molecular weight is 247 g/mol. The first kappa shape index (κ1) is 12.6. The van der Waals surface area contributed by atoms with Gasteiger partial charge in [0.25, 0.3) is 5.91 Å². The zero-order valence-corrected chi connectivity index (χ0v) is 10.3. The number of carbonyl (C=O) groups is 1. The first-order chi connectivity index (χ1) is 8.83. The van der Waals surface area contributed by atoms with Crippen molar-refractivity contribution in [2.45, 2.75) is 0 Å². The molecule has 1 aromatic heterocycles. The lowest BCUT2D eigenvalue weighted by Gasteiger charge is -2.29. The van der Waals surface area contributed by atoms with E-state index >= 15 is 0 Å². The molecular weight excluding hydrogens is 230 g/mol. The summed E-state index contributed by atoms with van der Waals surface area (Å²) >= 11 is 0. The van der Waals surface area contributed by atoms with Gasteiger partial charge in [-0.25, -0.2) is 4.98 Å². The summed E-state index contributed by atoms with van der Waals surface area (Å²) in [7, 11) is 0. The van der Waals surface area contributed by atoms with Gasteiger partial charge in [0.1, 0.15) is 5.82 Å². The fourth-order valence-corrected chi connectivity index (χ4v) is 1.86. The number of hydrogen-bond acceptors (Lipinski definition) is 4.